The van der Waals surface area contributed by atoms with Gasteiger partial charge in [0, 0.05) is 23.8 Å². The van der Waals surface area contributed by atoms with Gasteiger partial charge in [-0.3, -0.25) is 0 Å². The monoisotopic (exact) mass is 424 g/mol. The molecule has 0 aromatic carbocycles. The number of nitrogens with zero attached hydrogens (tertiary/aromatic N) is 1. The summed E-state index contributed by atoms with van der Waals surface area (Å²) in [6.07, 6.45) is -0.480. The van der Waals surface area contributed by atoms with Crippen molar-refractivity contribution in [3.05, 3.63) is 16.7 Å². The first-order valence-electron chi connectivity index (χ1n) is 6.96. The van der Waals surface area contributed by atoms with Crippen LogP contribution in [0.3, 0.4) is 0 Å². The quantitative estimate of drug-likeness (QED) is 0.522. The third-order valence-corrected chi connectivity index (χ3v) is 4.41. The Morgan fingerprint density at radius 1 is 1.46 bits per heavy atom. The number of halogens is 1. The zero-order valence-electron chi connectivity index (χ0n) is 13.5. The van der Waals surface area contributed by atoms with Crippen molar-refractivity contribution >= 4 is 37.9 Å². The number of aromatic nitrogens is 1. The average molecular weight is 425 g/mol. The van der Waals surface area contributed by atoms with Crippen LogP contribution in [0.2, 0.25) is 0 Å². The Labute approximate surface area is 149 Å². The molecule has 0 aliphatic rings. The van der Waals surface area contributed by atoms with Crippen LogP contribution < -0.4 is 15.8 Å². The lowest BCUT2D eigenvalue weighted by Gasteiger charge is -2.20. The predicted octanol–water partition coefficient (Wildman–Crippen LogP) is 0.590. The van der Waals surface area contributed by atoms with E-state index in [-0.39, 0.29) is 23.8 Å². The minimum Gasteiger partial charge on any atom is -0.444 e. The predicted molar refractivity (Wildman–Crippen MR) is 91.8 cm³/mol. The summed E-state index contributed by atoms with van der Waals surface area (Å²) in [5.41, 5.74) is 4.89. The Kier molecular flexibility index (Phi) is 6.96. The van der Waals surface area contributed by atoms with Gasteiger partial charge >= 0.3 is 6.09 Å². The molecule has 11 heteroatoms. The van der Waals surface area contributed by atoms with E-state index < -0.39 is 27.8 Å². The van der Waals surface area contributed by atoms with Gasteiger partial charge in [-0.25, -0.2) is 22.9 Å². The fourth-order valence-corrected chi connectivity index (χ4v) is 3.18. The molecule has 24 heavy (non-hydrogen) atoms. The highest BCUT2D eigenvalue weighted by Gasteiger charge is 2.21. The maximum absolute atomic E-state index is 12.2. The summed E-state index contributed by atoms with van der Waals surface area (Å²) in [4.78, 5) is 15.0. The van der Waals surface area contributed by atoms with Crippen molar-refractivity contribution in [3.8, 4) is 0 Å². The summed E-state index contributed by atoms with van der Waals surface area (Å²) in [7, 11) is -3.95. The lowest BCUT2D eigenvalue weighted by Crippen LogP contribution is -2.41. The van der Waals surface area contributed by atoms with Crippen LogP contribution in [-0.2, 0) is 14.8 Å². The topological polar surface area (TPSA) is 144 Å². The molecule has 0 unspecified atom stereocenters. The van der Waals surface area contributed by atoms with Crippen molar-refractivity contribution in [2.45, 2.75) is 37.4 Å². The van der Waals surface area contributed by atoms with Gasteiger partial charge in [-0.15, -0.1) is 0 Å². The lowest BCUT2D eigenvalue weighted by molar-refractivity contribution is 0.0494. The second-order valence-corrected chi connectivity index (χ2v) is 8.58. The highest BCUT2D eigenvalue weighted by molar-refractivity contribution is 9.10. The van der Waals surface area contributed by atoms with E-state index in [1.54, 1.807) is 20.8 Å². The molecule has 1 amide bonds. The summed E-state index contributed by atoms with van der Waals surface area (Å²) < 4.78 is 32.0. The van der Waals surface area contributed by atoms with E-state index in [1.807, 2.05) is 0 Å². The number of carbonyl (C=O) groups excluding carboxylic acids is 1. The Balaban J connectivity index is 2.56. The number of amides is 1. The van der Waals surface area contributed by atoms with E-state index in [2.05, 4.69) is 31.0 Å². The van der Waals surface area contributed by atoms with Gasteiger partial charge in [0.1, 0.15) is 16.3 Å². The average Bonchev–Trinajstić information content (AvgIpc) is 2.43. The van der Waals surface area contributed by atoms with Crippen LogP contribution in [-0.4, -0.2) is 49.4 Å². The number of nitrogens with two attached hydrogens (primary N) is 1. The van der Waals surface area contributed by atoms with Crippen molar-refractivity contribution in [3.63, 3.8) is 0 Å². The van der Waals surface area contributed by atoms with Gasteiger partial charge in [0.05, 0.1) is 6.10 Å². The summed E-state index contributed by atoms with van der Waals surface area (Å²) >= 11 is 3.11. The van der Waals surface area contributed by atoms with Crippen LogP contribution in [0.5, 0.6) is 0 Å². The molecular formula is C13H21BrN4O5S. The first kappa shape index (κ1) is 20.6. The zero-order chi connectivity index (χ0) is 18.5. The minimum absolute atomic E-state index is 0.160. The molecule has 9 nitrogen and oxygen atoms in total. The molecule has 1 aromatic rings. The van der Waals surface area contributed by atoms with E-state index in [0.29, 0.717) is 4.47 Å². The number of pyridine rings is 1. The number of aliphatic hydroxyl groups excluding tert-OH is 1. The van der Waals surface area contributed by atoms with E-state index >= 15 is 0 Å². The van der Waals surface area contributed by atoms with Crippen LogP contribution in [0.1, 0.15) is 20.8 Å². The van der Waals surface area contributed by atoms with Crippen LogP contribution in [0, 0.1) is 0 Å². The fourth-order valence-electron chi connectivity index (χ4n) is 1.52. The third kappa shape index (κ3) is 6.99. The third-order valence-electron chi connectivity index (χ3n) is 2.53. The summed E-state index contributed by atoms with van der Waals surface area (Å²) in [5.74, 6) is -0.160. The summed E-state index contributed by atoms with van der Waals surface area (Å²) in [6.45, 7) is 4.61. The molecule has 0 aliphatic heterocycles. The first-order chi connectivity index (χ1) is 10.9. The highest BCUT2D eigenvalue weighted by Crippen LogP contribution is 2.20. The Hall–Kier alpha value is -1.43. The molecule has 0 radical (unpaired) electrons. The van der Waals surface area contributed by atoms with Gasteiger partial charge in [0.25, 0.3) is 0 Å². The number of ether oxygens (including phenoxy) is 1. The smallest absolute Gasteiger partial charge is 0.407 e. The summed E-state index contributed by atoms with van der Waals surface area (Å²) in [5, 5.41) is 12.1. The summed E-state index contributed by atoms with van der Waals surface area (Å²) in [6, 6.07) is 1.30. The largest absolute Gasteiger partial charge is 0.444 e. The fraction of sp³-hybridized carbons (Fsp3) is 0.538. The maximum atomic E-state index is 12.2. The molecule has 1 heterocycles. The number of hydrogen-bond acceptors (Lipinski definition) is 7. The van der Waals surface area contributed by atoms with Crippen LogP contribution in [0.4, 0.5) is 10.6 Å². The van der Waals surface area contributed by atoms with Gasteiger partial charge in [-0.05, 0) is 42.8 Å². The zero-order valence-corrected chi connectivity index (χ0v) is 15.9. The van der Waals surface area contributed by atoms with Gasteiger partial charge in [-0.2, -0.15) is 0 Å². The van der Waals surface area contributed by atoms with Gasteiger partial charge in [0.2, 0.25) is 10.0 Å². The van der Waals surface area contributed by atoms with Crippen molar-refractivity contribution in [1.29, 1.82) is 0 Å². The molecular weight excluding hydrogens is 404 g/mol. The number of hydrogen-bond donors (Lipinski definition) is 4. The second-order valence-electron chi connectivity index (χ2n) is 5.93. The number of aliphatic hydroxyl groups is 1. The van der Waals surface area contributed by atoms with E-state index in [9.17, 15) is 18.3 Å². The van der Waals surface area contributed by atoms with Gasteiger partial charge < -0.3 is 20.9 Å². The minimum atomic E-state index is -3.95. The van der Waals surface area contributed by atoms with E-state index in [4.69, 9.17) is 10.5 Å². The molecule has 1 aromatic heterocycles. The maximum Gasteiger partial charge on any atom is 0.407 e. The van der Waals surface area contributed by atoms with E-state index in [1.165, 1.54) is 12.3 Å². The first-order valence-corrected chi connectivity index (χ1v) is 9.24. The Morgan fingerprint density at radius 3 is 2.67 bits per heavy atom. The molecule has 5 N–H and O–H groups in total. The molecule has 0 saturated heterocycles. The molecule has 0 aliphatic carbocycles. The Morgan fingerprint density at radius 2 is 2.08 bits per heavy atom. The number of rotatable bonds is 6. The SMILES string of the molecule is CC(C)(C)OC(=O)NC[C@@H](O)CNS(=O)(=O)c1cc(Br)cnc1N. The molecule has 1 rings (SSSR count). The number of nitrogen functional groups attached to an aromatic ring is 1. The van der Waals surface area contributed by atoms with E-state index in [0.717, 1.165) is 0 Å². The van der Waals surface area contributed by atoms with Crippen molar-refractivity contribution in [2.24, 2.45) is 0 Å². The van der Waals surface area contributed by atoms with Crippen molar-refractivity contribution in [2.75, 3.05) is 18.8 Å². The number of sulfonamides is 1. The van der Waals surface area contributed by atoms with Crippen LogP contribution >= 0.6 is 15.9 Å². The van der Waals surface area contributed by atoms with Crippen LogP contribution in [0.25, 0.3) is 0 Å². The number of nitrogens with one attached hydrogen (secondary N) is 2. The standard InChI is InChI=1S/C13H21BrN4O5S/c1-13(2,3)23-12(20)17-6-9(19)7-18-24(21,22)10-4-8(14)5-16-11(10)15/h4-5,9,18-19H,6-7H2,1-3H3,(H2,15,16)(H,17,20)/t9-/m1/s1. The second kappa shape index (κ2) is 8.10. The molecule has 0 spiro atoms. The number of alkyl carbamates (subject to hydrolysis) is 1. The molecule has 136 valence electrons. The van der Waals surface area contributed by atoms with Crippen LogP contribution in [0.15, 0.2) is 21.6 Å². The number of anilines is 1. The lowest BCUT2D eigenvalue weighted by atomic mass is 10.2. The molecule has 0 fully saturated rings. The van der Waals surface area contributed by atoms with Crippen molar-refractivity contribution in [1.82, 2.24) is 15.0 Å². The highest BCUT2D eigenvalue weighted by atomic mass is 79.9. The Bertz CT molecular complexity index is 690. The molecule has 0 saturated carbocycles. The van der Waals surface area contributed by atoms with Gasteiger partial charge in [-0.1, -0.05) is 0 Å². The molecule has 1 atom stereocenters. The van der Waals surface area contributed by atoms with Gasteiger partial charge in [0.15, 0.2) is 0 Å². The van der Waals surface area contributed by atoms with Crippen molar-refractivity contribution < 1.29 is 23.1 Å². The molecule has 0 bridgehead atoms. The normalized spacial score (nSPS) is 13.4. The number of carbonyl (C=O) groups is 1.